The van der Waals surface area contributed by atoms with Crippen LogP contribution in [-0.4, -0.2) is 32.4 Å². The molecule has 2 heterocycles. The van der Waals surface area contributed by atoms with Crippen molar-refractivity contribution in [3.63, 3.8) is 0 Å². The van der Waals surface area contributed by atoms with Gasteiger partial charge in [0.2, 0.25) is 0 Å². The van der Waals surface area contributed by atoms with Crippen LogP contribution in [0.1, 0.15) is 19.0 Å². The summed E-state index contributed by atoms with van der Waals surface area (Å²) in [6, 6.07) is 0. The van der Waals surface area contributed by atoms with E-state index in [9.17, 15) is 0 Å². The second-order valence-corrected chi connectivity index (χ2v) is 5.40. The third-order valence-corrected chi connectivity index (χ3v) is 3.35. The van der Waals surface area contributed by atoms with Gasteiger partial charge in [0.25, 0.3) is 0 Å². The van der Waals surface area contributed by atoms with Gasteiger partial charge < -0.3 is 5.73 Å². The molecule has 0 aliphatic heterocycles. The van der Waals surface area contributed by atoms with E-state index in [0.29, 0.717) is 11.5 Å². The Morgan fingerprint density at radius 2 is 2.47 bits per heavy atom. The fourth-order valence-corrected chi connectivity index (χ4v) is 2.73. The number of aromatic nitrogens is 2. The van der Waals surface area contributed by atoms with Crippen molar-refractivity contribution in [3.05, 3.63) is 23.5 Å². The Morgan fingerprint density at radius 1 is 1.65 bits per heavy atom. The van der Waals surface area contributed by atoms with Crippen molar-refractivity contribution in [2.75, 3.05) is 13.1 Å². The summed E-state index contributed by atoms with van der Waals surface area (Å²) in [4.78, 5) is 8.36. The Labute approximate surface area is 110 Å². The molecule has 2 rings (SSSR count). The zero-order valence-corrected chi connectivity index (χ0v) is 11.4. The molecule has 0 bridgehead atoms. The molecule has 0 aliphatic rings. The lowest BCUT2D eigenvalue weighted by molar-refractivity contribution is 0.301. The zero-order valence-electron chi connectivity index (χ0n) is 9.80. The number of nitrogens with two attached hydrogens (primary N) is 1. The maximum atomic E-state index is 5.60. The van der Waals surface area contributed by atoms with Gasteiger partial charge in [-0.1, -0.05) is 19.1 Å². The van der Waals surface area contributed by atoms with Gasteiger partial charge in [-0.2, -0.15) is 0 Å². The molecule has 0 saturated heterocycles. The first-order valence-corrected chi connectivity index (χ1v) is 6.89. The van der Waals surface area contributed by atoms with E-state index in [-0.39, 0.29) is 0 Å². The quantitative estimate of drug-likeness (QED) is 0.813. The minimum absolute atomic E-state index is 0.541. The molecule has 0 aromatic carbocycles. The summed E-state index contributed by atoms with van der Waals surface area (Å²) < 4.78 is 2.05. The zero-order chi connectivity index (χ0) is 12.3. The van der Waals surface area contributed by atoms with E-state index in [1.807, 2.05) is 16.0 Å². The molecule has 2 aromatic heterocycles. The number of thiocarbonyl (C=S) groups is 1. The molecule has 2 aromatic rings. The van der Waals surface area contributed by atoms with Crippen LogP contribution in [0.4, 0.5) is 0 Å². The second kappa shape index (κ2) is 5.57. The molecular formula is C11H16N4S2. The summed E-state index contributed by atoms with van der Waals surface area (Å²) in [5.74, 6) is 0. The number of hydrogen-bond acceptors (Lipinski definition) is 4. The molecule has 0 fully saturated rings. The topological polar surface area (TPSA) is 46.6 Å². The van der Waals surface area contributed by atoms with Crippen molar-refractivity contribution in [3.8, 4) is 0 Å². The van der Waals surface area contributed by atoms with Gasteiger partial charge in [0.05, 0.1) is 10.7 Å². The first kappa shape index (κ1) is 12.5. The van der Waals surface area contributed by atoms with E-state index in [1.165, 1.54) is 0 Å². The minimum Gasteiger partial charge on any atom is -0.392 e. The predicted molar refractivity (Wildman–Crippen MR) is 75.4 cm³/mol. The predicted octanol–water partition coefficient (Wildman–Crippen LogP) is 1.89. The number of thiazole rings is 1. The smallest absolute Gasteiger partial charge is 0.193 e. The Kier molecular flexibility index (Phi) is 4.09. The lowest BCUT2D eigenvalue weighted by Crippen LogP contribution is -2.33. The second-order valence-electron chi connectivity index (χ2n) is 4.00. The molecule has 4 nitrogen and oxygen atoms in total. The highest BCUT2D eigenvalue weighted by Gasteiger charge is 2.09. The molecular weight excluding hydrogens is 252 g/mol. The van der Waals surface area contributed by atoms with Gasteiger partial charge in [-0.15, -0.1) is 11.3 Å². The minimum atomic E-state index is 0.541. The van der Waals surface area contributed by atoms with E-state index >= 15 is 0 Å². The van der Waals surface area contributed by atoms with Crippen LogP contribution in [0.25, 0.3) is 4.96 Å². The first-order valence-electron chi connectivity index (χ1n) is 5.60. The average molecular weight is 268 g/mol. The summed E-state index contributed by atoms with van der Waals surface area (Å²) in [5.41, 5.74) is 6.67. The lowest BCUT2D eigenvalue weighted by Gasteiger charge is -2.19. The van der Waals surface area contributed by atoms with E-state index in [0.717, 1.165) is 30.2 Å². The van der Waals surface area contributed by atoms with Crippen molar-refractivity contribution in [2.45, 2.75) is 19.9 Å². The molecule has 0 radical (unpaired) electrons. The third kappa shape index (κ3) is 3.24. The molecule has 2 N–H and O–H groups in total. The summed E-state index contributed by atoms with van der Waals surface area (Å²) >= 11 is 6.61. The molecule has 0 spiro atoms. The van der Waals surface area contributed by atoms with Gasteiger partial charge in [0, 0.05) is 30.9 Å². The normalized spacial score (nSPS) is 11.4. The Bertz CT molecular complexity index is 474. The number of fused-ring (bicyclic) bond motifs is 1. The van der Waals surface area contributed by atoms with Gasteiger partial charge >= 0.3 is 0 Å². The monoisotopic (exact) mass is 268 g/mol. The van der Waals surface area contributed by atoms with Crippen LogP contribution in [0.2, 0.25) is 0 Å². The van der Waals surface area contributed by atoms with Crippen LogP contribution >= 0.6 is 23.6 Å². The fourth-order valence-electron chi connectivity index (χ4n) is 1.83. The van der Waals surface area contributed by atoms with E-state index in [2.05, 4.69) is 23.0 Å². The highest BCUT2D eigenvalue weighted by molar-refractivity contribution is 7.80. The molecule has 17 heavy (non-hydrogen) atoms. The molecule has 0 amide bonds. The van der Waals surface area contributed by atoms with Gasteiger partial charge in [-0.25, -0.2) is 4.98 Å². The first-order chi connectivity index (χ1) is 8.19. The average Bonchev–Trinajstić information content (AvgIpc) is 2.76. The number of imidazole rings is 1. The molecule has 0 aliphatic carbocycles. The summed E-state index contributed by atoms with van der Waals surface area (Å²) in [6.07, 6.45) is 5.17. The van der Waals surface area contributed by atoms with Crippen LogP contribution < -0.4 is 5.73 Å². The van der Waals surface area contributed by atoms with Crippen molar-refractivity contribution in [1.29, 1.82) is 0 Å². The van der Waals surface area contributed by atoms with Crippen LogP contribution in [-0.2, 0) is 6.54 Å². The van der Waals surface area contributed by atoms with Crippen molar-refractivity contribution < 1.29 is 0 Å². The van der Waals surface area contributed by atoms with Crippen LogP contribution in [0.3, 0.4) is 0 Å². The maximum Gasteiger partial charge on any atom is 0.193 e. The number of nitrogens with zero attached hydrogens (tertiary/aromatic N) is 3. The van der Waals surface area contributed by atoms with Gasteiger partial charge in [0.1, 0.15) is 0 Å². The number of rotatable bonds is 6. The highest BCUT2D eigenvalue weighted by atomic mass is 32.1. The van der Waals surface area contributed by atoms with Gasteiger partial charge in [-0.3, -0.25) is 9.30 Å². The van der Waals surface area contributed by atoms with Crippen LogP contribution in [0.5, 0.6) is 0 Å². The third-order valence-electron chi connectivity index (χ3n) is 2.45. The highest BCUT2D eigenvalue weighted by Crippen LogP contribution is 2.12. The standard InChI is InChI=1S/C11H16N4S2/c1-2-3-14(8-10(12)16)6-9-7-15-4-5-17-11(15)13-9/h4-5,7H,2-3,6,8H2,1H3,(H2,12,16). The van der Waals surface area contributed by atoms with Crippen LogP contribution in [0.15, 0.2) is 17.8 Å². The van der Waals surface area contributed by atoms with Gasteiger partial charge in [0.15, 0.2) is 4.96 Å². The summed E-state index contributed by atoms with van der Waals surface area (Å²) in [6.45, 7) is 4.61. The maximum absolute atomic E-state index is 5.60. The van der Waals surface area contributed by atoms with Gasteiger partial charge in [-0.05, 0) is 13.0 Å². The molecule has 0 atom stereocenters. The fraction of sp³-hybridized carbons (Fsp3) is 0.455. The Morgan fingerprint density at radius 3 is 3.12 bits per heavy atom. The Hall–Kier alpha value is -0.980. The Balaban J connectivity index is 2.06. The lowest BCUT2D eigenvalue weighted by atomic mass is 10.3. The van der Waals surface area contributed by atoms with Crippen molar-refractivity contribution in [2.24, 2.45) is 5.73 Å². The van der Waals surface area contributed by atoms with E-state index in [4.69, 9.17) is 18.0 Å². The molecule has 0 saturated carbocycles. The summed E-state index contributed by atoms with van der Waals surface area (Å²) in [7, 11) is 0. The number of hydrogen-bond donors (Lipinski definition) is 1. The molecule has 92 valence electrons. The van der Waals surface area contributed by atoms with E-state index < -0.39 is 0 Å². The molecule has 6 heteroatoms. The van der Waals surface area contributed by atoms with Crippen molar-refractivity contribution in [1.82, 2.24) is 14.3 Å². The van der Waals surface area contributed by atoms with Crippen LogP contribution in [0, 0.1) is 0 Å². The SMILES string of the molecule is CCCN(CC(N)=S)Cc1cn2ccsc2n1. The van der Waals surface area contributed by atoms with E-state index in [1.54, 1.807) is 11.3 Å². The molecule has 0 unspecified atom stereocenters. The van der Waals surface area contributed by atoms with Crippen molar-refractivity contribution >= 4 is 33.5 Å². The largest absolute Gasteiger partial charge is 0.392 e. The summed E-state index contributed by atoms with van der Waals surface area (Å²) in [5, 5.41) is 2.03.